The summed E-state index contributed by atoms with van der Waals surface area (Å²) < 4.78 is 0. The van der Waals surface area contributed by atoms with Gasteiger partial charge in [0.25, 0.3) is 0 Å². The number of fused-ring (bicyclic) bond motifs is 2. The summed E-state index contributed by atoms with van der Waals surface area (Å²) in [5, 5.41) is 3.29. The Morgan fingerprint density at radius 3 is 2.86 bits per heavy atom. The predicted octanol–water partition coefficient (Wildman–Crippen LogP) is 2.23. The predicted molar refractivity (Wildman–Crippen MR) is 88.3 cm³/mol. The fourth-order valence-corrected chi connectivity index (χ4v) is 4.91. The number of nitrogens with zero attached hydrogens (tertiary/aromatic N) is 4. The van der Waals surface area contributed by atoms with Crippen molar-refractivity contribution in [2.75, 3.05) is 24.5 Å². The number of aliphatic imine (C=N–C) groups is 1. The highest BCUT2D eigenvalue weighted by Gasteiger charge is 2.50. The van der Waals surface area contributed by atoms with Crippen LogP contribution in [-0.2, 0) is 0 Å². The second-order valence-corrected chi connectivity index (χ2v) is 8.26. The smallest absolute Gasteiger partial charge is 0.149 e. The van der Waals surface area contributed by atoms with Crippen molar-refractivity contribution in [3.8, 4) is 0 Å². The number of aromatic nitrogens is 2. The molecule has 1 aromatic heterocycles. The first-order valence-electron chi connectivity index (χ1n) is 8.32. The molecule has 118 valence electrons. The number of nitrogens with one attached hydrogen (secondary N) is 1. The molecule has 2 bridgehead atoms. The molecule has 1 aliphatic carbocycles. The van der Waals surface area contributed by atoms with Crippen molar-refractivity contribution >= 4 is 11.7 Å². The van der Waals surface area contributed by atoms with E-state index in [1.54, 1.807) is 0 Å². The summed E-state index contributed by atoms with van der Waals surface area (Å²) in [7, 11) is 0. The molecule has 0 radical (unpaired) electrons. The summed E-state index contributed by atoms with van der Waals surface area (Å²) in [6.45, 7) is 10.1. The lowest BCUT2D eigenvalue weighted by Gasteiger charge is -2.39. The summed E-state index contributed by atoms with van der Waals surface area (Å²) in [4.78, 5) is 16.2. The van der Waals surface area contributed by atoms with E-state index in [0.29, 0.717) is 16.9 Å². The quantitative estimate of drug-likeness (QED) is 0.910. The van der Waals surface area contributed by atoms with E-state index >= 15 is 0 Å². The van der Waals surface area contributed by atoms with E-state index in [1.807, 2.05) is 12.4 Å². The topological polar surface area (TPSA) is 53.4 Å². The molecule has 0 unspecified atom stereocenters. The molecule has 1 aromatic rings. The largest absolute Gasteiger partial charge is 0.367 e. The summed E-state index contributed by atoms with van der Waals surface area (Å²) >= 11 is 0. The number of rotatable bonds is 2. The third kappa shape index (κ3) is 2.36. The Labute approximate surface area is 132 Å². The van der Waals surface area contributed by atoms with E-state index in [1.165, 1.54) is 19.3 Å². The lowest BCUT2D eigenvalue weighted by Crippen LogP contribution is -2.35. The lowest BCUT2D eigenvalue weighted by molar-refractivity contribution is 0.136. The zero-order chi connectivity index (χ0) is 15.4. The van der Waals surface area contributed by atoms with Crippen LogP contribution in [0.25, 0.3) is 0 Å². The van der Waals surface area contributed by atoms with Crippen LogP contribution in [0.1, 0.15) is 45.7 Å². The Kier molecular flexibility index (Phi) is 2.97. The van der Waals surface area contributed by atoms with Crippen molar-refractivity contribution in [3.05, 3.63) is 18.1 Å². The standard InChI is InChI=1S/C17H25N5/c1-16(2)6-12-7-17(3,10-16)11-22(12)14-9-18-8-13(21-14)15-19-4-5-20-15/h8-9,12H,4-7,10-11H2,1-3H3,(H,19,20)/t12-,17-/m0/s1. The van der Waals surface area contributed by atoms with Gasteiger partial charge in [-0.05, 0) is 30.1 Å². The molecule has 3 heterocycles. The molecule has 2 fully saturated rings. The first-order chi connectivity index (χ1) is 10.4. The highest BCUT2D eigenvalue weighted by atomic mass is 15.3. The molecular formula is C17H25N5. The van der Waals surface area contributed by atoms with Crippen molar-refractivity contribution in [3.63, 3.8) is 0 Å². The minimum Gasteiger partial charge on any atom is -0.367 e. The number of hydrogen-bond donors (Lipinski definition) is 1. The second-order valence-electron chi connectivity index (χ2n) is 8.26. The van der Waals surface area contributed by atoms with E-state index in [4.69, 9.17) is 4.98 Å². The highest BCUT2D eigenvalue weighted by molar-refractivity contribution is 5.98. The minimum atomic E-state index is 0.410. The molecule has 0 amide bonds. The van der Waals surface area contributed by atoms with Gasteiger partial charge in [0.2, 0.25) is 0 Å². The van der Waals surface area contributed by atoms with Gasteiger partial charge in [-0.25, -0.2) is 4.98 Å². The molecule has 1 N–H and O–H groups in total. The maximum atomic E-state index is 4.85. The molecule has 1 saturated heterocycles. The Hall–Kier alpha value is -1.65. The van der Waals surface area contributed by atoms with Crippen molar-refractivity contribution in [1.29, 1.82) is 0 Å². The normalized spacial score (nSPS) is 32.8. The van der Waals surface area contributed by atoms with Crippen molar-refractivity contribution in [2.24, 2.45) is 15.8 Å². The first kappa shape index (κ1) is 14.0. The fourth-order valence-electron chi connectivity index (χ4n) is 4.91. The Bertz CT molecular complexity index is 623. The van der Waals surface area contributed by atoms with E-state index < -0.39 is 0 Å². The highest BCUT2D eigenvalue weighted by Crippen LogP contribution is 2.53. The third-order valence-electron chi connectivity index (χ3n) is 5.25. The molecule has 5 heteroatoms. The SMILES string of the molecule is CC1(C)C[C@H]2C[C@](C)(CN2c2cncc(C3=NCCN3)n2)C1. The Morgan fingerprint density at radius 2 is 2.09 bits per heavy atom. The average Bonchev–Trinajstić information content (AvgIpc) is 3.04. The van der Waals surface area contributed by atoms with E-state index in [0.717, 1.165) is 37.0 Å². The van der Waals surface area contributed by atoms with Gasteiger partial charge in [-0.2, -0.15) is 0 Å². The molecule has 1 saturated carbocycles. The summed E-state index contributed by atoms with van der Waals surface area (Å²) in [6, 6.07) is 0.594. The van der Waals surface area contributed by atoms with Crippen LogP contribution in [0.2, 0.25) is 0 Å². The van der Waals surface area contributed by atoms with Crippen LogP contribution in [0.15, 0.2) is 17.4 Å². The molecule has 0 spiro atoms. The summed E-state index contributed by atoms with van der Waals surface area (Å²) in [5.74, 6) is 1.91. The van der Waals surface area contributed by atoms with Gasteiger partial charge in [0, 0.05) is 19.1 Å². The third-order valence-corrected chi connectivity index (χ3v) is 5.25. The van der Waals surface area contributed by atoms with Crippen LogP contribution in [0.4, 0.5) is 5.82 Å². The lowest BCUT2D eigenvalue weighted by atomic mass is 9.65. The molecular weight excluding hydrogens is 274 g/mol. The average molecular weight is 299 g/mol. The molecule has 0 aromatic carbocycles. The van der Waals surface area contributed by atoms with Gasteiger partial charge < -0.3 is 10.2 Å². The van der Waals surface area contributed by atoms with Gasteiger partial charge in [0.15, 0.2) is 0 Å². The maximum absolute atomic E-state index is 4.85. The zero-order valence-corrected chi connectivity index (χ0v) is 13.8. The van der Waals surface area contributed by atoms with Crippen LogP contribution >= 0.6 is 0 Å². The first-order valence-corrected chi connectivity index (χ1v) is 8.32. The van der Waals surface area contributed by atoms with E-state index in [-0.39, 0.29) is 0 Å². The zero-order valence-electron chi connectivity index (χ0n) is 13.8. The van der Waals surface area contributed by atoms with Crippen molar-refractivity contribution < 1.29 is 0 Å². The molecule has 22 heavy (non-hydrogen) atoms. The Morgan fingerprint density at radius 1 is 1.23 bits per heavy atom. The van der Waals surface area contributed by atoms with E-state index in [9.17, 15) is 0 Å². The van der Waals surface area contributed by atoms with Crippen LogP contribution in [-0.4, -0.2) is 41.5 Å². The molecule has 4 rings (SSSR count). The number of amidine groups is 1. The number of anilines is 1. The minimum absolute atomic E-state index is 0.410. The van der Waals surface area contributed by atoms with Gasteiger partial charge in [0.05, 0.1) is 18.9 Å². The molecule has 3 aliphatic rings. The van der Waals surface area contributed by atoms with Gasteiger partial charge in [0.1, 0.15) is 17.3 Å². The Balaban J connectivity index is 1.64. The van der Waals surface area contributed by atoms with Crippen LogP contribution < -0.4 is 10.2 Å². The summed E-state index contributed by atoms with van der Waals surface area (Å²) in [6.07, 6.45) is 7.55. The molecule has 2 atom stereocenters. The van der Waals surface area contributed by atoms with Crippen molar-refractivity contribution in [2.45, 2.75) is 46.1 Å². The van der Waals surface area contributed by atoms with Crippen molar-refractivity contribution in [1.82, 2.24) is 15.3 Å². The van der Waals surface area contributed by atoms with Gasteiger partial charge in [-0.1, -0.05) is 20.8 Å². The van der Waals surface area contributed by atoms with Gasteiger partial charge in [-0.15, -0.1) is 0 Å². The van der Waals surface area contributed by atoms with Gasteiger partial charge >= 0.3 is 0 Å². The maximum Gasteiger partial charge on any atom is 0.149 e. The van der Waals surface area contributed by atoms with Gasteiger partial charge in [-0.3, -0.25) is 9.98 Å². The molecule has 2 aliphatic heterocycles. The second kappa shape index (κ2) is 4.67. The summed E-state index contributed by atoms with van der Waals surface area (Å²) in [5.41, 5.74) is 1.71. The fraction of sp³-hybridized carbons (Fsp3) is 0.706. The molecule has 5 nitrogen and oxygen atoms in total. The monoisotopic (exact) mass is 299 g/mol. The van der Waals surface area contributed by atoms with Crippen LogP contribution in [0.3, 0.4) is 0 Å². The number of hydrogen-bond acceptors (Lipinski definition) is 5. The van der Waals surface area contributed by atoms with E-state index in [2.05, 4.69) is 41.0 Å². The van der Waals surface area contributed by atoms with Crippen LogP contribution in [0.5, 0.6) is 0 Å². The van der Waals surface area contributed by atoms with Crippen LogP contribution in [0, 0.1) is 10.8 Å².